The Morgan fingerprint density at radius 1 is 1.15 bits per heavy atom. The molecule has 0 bridgehead atoms. The van der Waals surface area contributed by atoms with E-state index < -0.39 is 0 Å². The van der Waals surface area contributed by atoms with Crippen LogP contribution < -0.4 is 15.4 Å². The number of ether oxygens (including phenoxy) is 1. The summed E-state index contributed by atoms with van der Waals surface area (Å²) in [7, 11) is 3.54. The van der Waals surface area contributed by atoms with Crippen molar-refractivity contribution in [1.29, 1.82) is 0 Å². The number of nitrogens with zero attached hydrogens (tertiary/aromatic N) is 2. The fourth-order valence-corrected chi connectivity index (χ4v) is 3.29. The van der Waals surface area contributed by atoms with E-state index in [1.807, 2.05) is 49.5 Å². The molecular formula is C19H18BrClN4O. The molecular weight excluding hydrogens is 416 g/mol. The summed E-state index contributed by atoms with van der Waals surface area (Å²) in [6, 6.07) is 13.3. The molecule has 0 unspecified atom stereocenters. The highest BCUT2D eigenvalue weighted by Crippen LogP contribution is 2.36. The molecule has 5 nitrogen and oxygen atoms in total. The van der Waals surface area contributed by atoms with Gasteiger partial charge in [0.1, 0.15) is 11.6 Å². The van der Waals surface area contributed by atoms with Gasteiger partial charge < -0.3 is 15.4 Å². The topological polar surface area (TPSA) is 51.1 Å². The van der Waals surface area contributed by atoms with Crippen LogP contribution in [0.2, 0.25) is 5.02 Å². The first-order chi connectivity index (χ1) is 12.5. The number of aromatic nitrogens is 2. The summed E-state index contributed by atoms with van der Waals surface area (Å²) < 4.78 is 8.20. The predicted octanol–water partition coefficient (Wildman–Crippen LogP) is 5.51. The zero-order valence-electron chi connectivity index (χ0n) is 14.4. The van der Waals surface area contributed by atoms with Gasteiger partial charge in [0, 0.05) is 29.0 Å². The Bertz CT molecular complexity index is 918. The molecule has 134 valence electrons. The van der Waals surface area contributed by atoms with E-state index in [0.717, 1.165) is 32.9 Å². The second kappa shape index (κ2) is 7.85. The van der Waals surface area contributed by atoms with E-state index in [0.29, 0.717) is 10.8 Å². The maximum atomic E-state index is 5.91. The maximum Gasteiger partial charge on any atom is 0.128 e. The predicted molar refractivity (Wildman–Crippen MR) is 111 cm³/mol. The standard InChI is InChI=1S/C19H18BrClN4O/c1-12(23-14-6-4-13(21)5-7-14)24-15-8-9-18(26-3)16(10-15)19-17(20)11-22-25(19)2/h4-11,23-24H,1H2,2-3H3. The monoisotopic (exact) mass is 432 g/mol. The quantitative estimate of drug-likeness (QED) is 0.538. The number of halogens is 2. The van der Waals surface area contributed by atoms with E-state index in [2.05, 4.69) is 38.2 Å². The first-order valence-corrected chi connectivity index (χ1v) is 8.99. The van der Waals surface area contributed by atoms with Gasteiger partial charge in [0.2, 0.25) is 0 Å². The van der Waals surface area contributed by atoms with Crippen LogP contribution in [0.25, 0.3) is 11.3 Å². The first-order valence-electron chi connectivity index (χ1n) is 7.82. The molecule has 1 heterocycles. The van der Waals surface area contributed by atoms with Gasteiger partial charge in [-0.05, 0) is 58.4 Å². The fourth-order valence-electron chi connectivity index (χ4n) is 2.60. The second-order valence-corrected chi connectivity index (χ2v) is 6.91. The Labute approximate surface area is 165 Å². The van der Waals surface area contributed by atoms with Gasteiger partial charge in [-0.3, -0.25) is 4.68 Å². The van der Waals surface area contributed by atoms with Crippen LogP contribution in [0.4, 0.5) is 11.4 Å². The maximum absolute atomic E-state index is 5.91. The van der Waals surface area contributed by atoms with Crippen LogP contribution in [0.15, 0.2) is 65.5 Å². The van der Waals surface area contributed by atoms with Crippen molar-refractivity contribution in [3.05, 3.63) is 70.6 Å². The third-order valence-electron chi connectivity index (χ3n) is 3.78. The average Bonchev–Trinajstić information content (AvgIpc) is 2.95. The molecule has 7 heteroatoms. The highest BCUT2D eigenvalue weighted by atomic mass is 79.9. The zero-order valence-corrected chi connectivity index (χ0v) is 16.7. The van der Waals surface area contributed by atoms with Crippen molar-refractivity contribution >= 4 is 38.9 Å². The van der Waals surface area contributed by atoms with E-state index in [-0.39, 0.29) is 0 Å². The lowest BCUT2D eigenvalue weighted by atomic mass is 10.1. The minimum Gasteiger partial charge on any atom is -0.496 e. The second-order valence-electron chi connectivity index (χ2n) is 5.62. The summed E-state index contributed by atoms with van der Waals surface area (Å²) in [5, 5.41) is 11.4. The van der Waals surface area contributed by atoms with E-state index in [9.17, 15) is 0 Å². The van der Waals surface area contributed by atoms with E-state index in [1.165, 1.54) is 0 Å². The Morgan fingerprint density at radius 3 is 2.42 bits per heavy atom. The number of rotatable bonds is 6. The summed E-state index contributed by atoms with van der Waals surface area (Å²) in [4.78, 5) is 0. The number of aryl methyl sites for hydroxylation is 1. The Balaban J connectivity index is 1.83. The molecule has 0 spiro atoms. The van der Waals surface area contributed by atoms with E-state index >= 15 is 0 Å². The third-order valence-corrected chi connectivity index (χ3v) is 4.62. The highest BCUT2D eigenvalue weighted by molar-refractivity contribution is 9.10. The van der Waals surface area contributed by atoms with Crippen LogP contribution >= 0.6 is 27.5 Å². The molecule has 1 aromatic heterocycles. The van der Waals surface area contributed by atoms with Crippen LogP contribution in [0.5, 0.6) is 5.75 Å². The number of methoxy groups -OCH3 is 1. The SMILES string of the molecule is C=C(Nc1ccc(Cl)cc1)Nc1ccc(OC)c(-c2c(Br)cnn2C)c1. The molecule has 0 radical (unpaired) electrons. The summed E-state index contributed by atoms with van der Waals surface area (Å²) >= 11 is 9.45. The normalized spacial score (nSPS) is 10.5. The zero-order chi connectivity index (χ0) is 18.7. The van der Waals surface area contributed by atoms with Crippen molar-refractivity contribution in [2.75, 3.05) is 17.7 Å². The Kier molecular flexibility index (Phi) is 5.54. The minimum atomic E-state index is 0.646. The molecule has 0 saturated heterocycles. The van der Waals surface area contributed by atoms with Gasteiger partial charge >= 0.3 is 0 Å². The third kappa shape index (κ3) is 4.03. The molecule has 0 aliphatic carbocycles. The summed E-state index contributed by atoms with van der Waals surface area (Å²) in [5.41, 5.74) is 3.63. The lowest BCUT2D eigenvalue weighted by Crippen LogP contribution is -2.08. The smallest absolute Gasteiger partial charge is 0.128 e. The molecule has 0 fully saturated rings. The molecule has 0 saturated carbocycles. The van der Waals surface area contributed by atoms with Gasteiger partial charge in [-0.25, -0.2) is 0 Å². The van der Waals surface area contributed by atoms with Crippen molar-refractivity contribution in [3.8, 4) is 17.0 Å². The summed E-state index contributed by atoms with van der Waals surface area (Å²) in [6.07, 6.45) is 1.76. The average molecular weight is 434 g/mol. The summed E-state index contributed by atoms with van der Waals surface area (Å²) in [5.74, 6) is 1.41. The highest BCUT2D eigenvalue weighted by Gasteiger charge is 2.15. The lowest BCUT2D eigenvalue weighted by molar-refractivity contribution is 0.416. The number of hydrogen-bond acceptors (Lipinski definition) is 4. The van der Waals surface area contributed by atoms with Gasteiger partial charge in [-0.2, -0.15) is 5.10 Å². The van der Waals surface area contributed by atoms with Crippen molar-refractivity contribution in [2.45, 2.75) is 0 Å². The Hall–Kier alpha value is -2.44. The molecule has 0 aliphatic heterocycles. The fraction of sp³-hybridized carbons (Fsp3) is 0.105. The van der Waals surface area contributed by atoms with Crippen molar-refractivity contribution < 1.29 is 4.74 Å². The Morgan fingerprint density at radius 2 is 1.81 bits per heavy atom. The lowest BCUT2D eigenvalue weighted by Gasteiger charge is -2.15. The molecule has 3 aromatic rings. The molecule has 0 atom stereocenters. The molecule has 0 aliphatic rings. The van der Waals surface area contributed by atoms with Crippen LogP contribution in [0.1, 0.15) is 0 Å². The van der Waals surface area contributed by atoms with Crippen LogP contribution in [-0.4, -0.2) is 16.9 Å². The van der Waals surface area contributed by atoms with E-state index in [4.69, 9.17) is 16.3 Å². The van der Waals surface area contributed by atoms with Gasteiger partial charge in [-0.15, -0.1) is 0 Å². The summed E-state index contributed by atoms with van der Waals surface area (Å²) in [6.45, 7) is 4.02. The van der Waals surface area contributed by atoms with Gasteiger partial charge in [0.05, 0.1) is 23.5 Å². The molecule has 26 heavy (non-hydrogen) atoms. The van der Waals surface area contributed by atoms with E-state index in [1.54, 1.807) is 18.0 Å². The van der Waals surface area contributed by atoms with Gasteiger partial charge in [0.25, 0.3) is 0 Å². The van der Waals surface area contributed by atoms with Gasteiger partial charge in [0.15, 0.2) is 0 Å². The van der Waals surface area contributed by atoms with Gasteiger partial charge in [-0.1, -0.05) is 18.2 Å². The number of nitrogens with one attached hydrogen (secondary N) is 2. The van der Waals surface area contributed by atoms with Crippen LogP contribution in [0.3, 0.4) is 0 Å². The molecule has 0 amide bonds. The molecule has 2 N–H and O–H groups in total. The van der Waals surface area contributed by atoms with Crippen LogP contribution in [-0.2, 0) is 7.05 Å². The van der Waals surface area contributed by atoms with Crippen molar-refractivity contribution in [1.82, 2.24) is 9.78 Å². The number of benzene rings is 2. The van der Waals surface area contributed by atoms with Crippen LogP contribution in [0, 0.1) is 0 Å². The number of anilines is 2. The first kappa shape index (κ1) is 18.4. The van der Waals surface area contributed by atoms with Crippen molar-refractivity contribution in [3.63, 3.8) is 0 Å². The van der Waals surface area contributed by atoms with Crippen molar-refractivity contribution in [2.24, 2.45) is 7.05 Å². The number of hydrogen-bond donors (Lipinski definition) is 2. The molecule has 3 rings (SSSR count). The minimum absolute atomic E-state index is 0.646. The molecule has 2 aromatic carbocycles. The largest absolute Gasteiger partial charge is 0.496 e.